The molecule has 4 rings (SSSR count). The maximum atomic E-state index is 11.2. The van der Waals surface area contributed by atoms with Gasteiger partial charge in [0.25, 0.3) is 5.69 Å². The van der Waals surface area contributed by atoms with Crippen LogP contribution in [0.3, 0.4) is 0 Å². The Kier molecular flexibility index (Phi) is 5.81. The molecule has 8 nitrogen and oxygen atoms in total. The van der Waals surface area contributed by atoms with Gasteiger partial charge in [-0.1, -0.05) is 60.7 Å². The fourth-order valence-electron chi connectivity index (χ4n) is 3.85. The van der Waals surface area contributed by atoms with Crippen LogP contribution in [-0.4, -0.2) is 32.2 Å². The van der Waals surface area contributed by atoms with Crippen molar-refractivity contribution in [2.45, 2.75) is 19.5 Å². The number of hydrogen-bond donors (Lipinski definition) is 1. The van der Waals surface area contributed by atoms with Gasteiger partial charge in [-0.25, -0.2) is 0 Å². The largest absolute Gasteiger partial charge is 0.321 e. The first-order valence-electron chi connectivity index (χ1n) is 9.99. The van der Waals surface area contributed by atoms with E-state index in [2.05, 4.69) is 27.7 Å². The van der Waals surface area contributed by atoms with Gasteiger partial charge in [0.15, 0.2) is 6.04 Å². The Morgan fingerprint density at radius 2 is 1.77 bits per heavy atom. The average molecular weight is 415 g/mol. The van der Waals surface area contributed by atoms with Crippen molar-refractivity contribution >= 4 is 5.69 Å². The molecule has 1 heterocycles. The van der Waals surface area contributed by atoms with E-state index in [1.54, 1.807) is 16.8 Å². The summed E-state index contributed by atoms with van der Waals surface area (Å²) in [5.74, 6) is 0.712. The minimum absolute atomic E-state index is 0.0892. The number of nitrogens with zero attached hydrogens (tertiary/aromatic N) is 5. The minimum atomic E-state index is -0.369. The van der Waals surface area contributed by atoms with E-state index in [9.17, 15) is 10.1 Å². The van der Waals surface area contributed by atoms with Crippen molar-refractivity contribution in [1.82, 2.24) is 20.2 Å². The van der Waals surface area contributed by atoms with Gasteiger partial charge in [-0.15, -0.1) is 5.10 Å². The molecule has 1 unspecified atom stereocenters. The van der Waals surface area contributed by atoms with E-state index in [1.165, 1.54) is 6.07 Å². The molecule has 0 aliphatic heterocycles. The molecule has 4 aromatic rings. The van der Waals surface area contributed by atoms with Crippen LogP contribution >= 0.6 is 0 Å². The zero-order valence-electron chi connectivity index (χ0n) is 17.3. The van der Waals surface area contributed by atoms with Crippen LogP contribution in [0.15, 0.2) is 78.9 Å². The Balaban J connectivity index is 1.75. The summed E-state index contributed by atoms with van der Waals surface area (Å²) in [5.41, 5.74) is 4.02. The van der Waals surface area contributed by atoms with Crippen molar-refractivity contribution in [3.8, 4) is 5.69 Å². The van der Waals surface area contributed by atoms with E-state index in [4.69, 9.17) is 0 Å². The van der Waals surface area contributed by atoms with Crippen LogP contribution in [-0.2, 0) is 6.54 Å². The molecular formula is C23H23N6O2+. The highest BCUT2D eigenvalue weighted by Gasteiger charge is 2.30. The Hall–Kier alpha value is -3.91. The third kappa shape index (κ3) is 4.34. The maximum absolute atomic E-state index is 11.2. The highest BCUT2D eigenvalue weighted by atomic mass is 16.6. The van der Waals surface area contributed by atoms with Crippen LogP contribution < -0.4 is 4.90 Å². The normalized spacial score (nSPS) is 13.0. The van der Waals surface area contributed by atoms with Gasteiger partial charge < -0.3 is 4.90 Å². The zero-order valence-corrected chi connectivity index (χ0v) is 17.3. The van der Waals surface area contributed by atoms with E-state index in [0.29, 0.717) is 12.4 Å². The predicted molar refractivity (Wildman–Crippen MR) is 116 cm³/mol. The lowest BCUT2D eigenvalue weighted by atomic mass is 10.0. The first-order valence-corrected chi connectivity index (χ1v) is 9.99. The fourth-order valence-corrected chi connectivity index (χ4v) is 3.85. The topological polar surface area (TPSA) is 91.2 Å². The van der Waals surface area contributed by atoms with Crippen LogP contribution in [0, 0.1) is 17.0 Å². The molecule has 0 fully saturated rings. The summed E-state index contributed by atoms with van der Waals surface area (Å²) < 4.78 is 1.78. The number of tetrazole rings is 1. The minimum Gasteiger partial charge on any atom is -0.321 e. The Labute approximate surface area is 179 Å². The number of aryl methyl sites for hydroxylation is 1. The van der Waals surface area contributed by atoms with E-state index >= 15 is 0 Å². The monoisotopic (exact) mass is 415 g/mol. The second kappa shape index (κ2) is 8.85. The first-order chi connectivity index (χ1) is 15.0. The molecular weight excluding hydrogens is 392 g/mol. The van der Waals surface area contributed by atoms with Gasteiger partial charge in [0.05, 0.1) is 17.7 Å². The standard InChI is InChI=1S/C23H22N6O2/c1-17-9-6-7-14-21(17)28-23(24-25-26-28)22(19-11-4-3-5-12-19)27(2)16-18-10-8-13-20(15-18)29(30)31/h3-15,22H,16H2,1-2H3/p+1/t22-/m1/s1. The smallest absolute Gasteiger partial charge is 0.269 e. The van der Waals surface area contributed by atoms with Crippen molar-refractivity contribution in [2.24, 2.45) is 0 Å². The summed E-state index contributed by atoms with van der Waals surface area (Å²) in [6, 6.07) is 24.6. The highest BCUT2D eigenvalue weighted by molar-refractivity contribution is 5.40. The molecule has 0 aliphatic rings. The third-order valence-electron chi connectivity index (χ3n) is 5.33. The molecule has 2 atom stereocenters. The van der Waals surface area contributed by atoms with Crippen molar-refractivity contribution in [3.63, 3.8) is 0 Å². The molecule has 1 aromatic heterocycles. The summed E-state index contributed by atoms with van der Waals surface area (Å²) >= 11 is 0. The zero-order chi connectivity index (χ0) is 21.8. The number of para-hydroxylation sites is 1. The number of benzene rings is 3. The first kappa shape index (κ1) is 20.4. The second-order valence-electron chi connectivity index (χ2n) is 7.53. The number of hydrogen-bond acceptors (Lipinski definition) is 5. The summed E-state index contributed by atoms with van der Waals surface area (Å²) in [7, 11) is 2.05. The molecule has 31 heavy (non-hydrogen) atoms. The van der Waals surface area contributed by atoms with E-state index in [0.717, 1.165) is 27.3 Å². The number of nitro groups is 1. The Bertz CT molecular complexity index is 1190. The van der Waals surface area contributed by atoms with Crippen LogP contribution in [0.4, 0.5) is 5.69 Å². The molecule has 1 N–H and O–H groups in total. The molecule has 0 aliphatic carbocycles. The second-order valence-corrected chi connectivity index (χ2v) is 7.53. The van der Waals surface area contributed by atoms with E-state index < -0.39 is 0 Å². The van der Waals surface area contributed by atoms with Crippen LogP contribution in [0.25, 0.3) is 5.69 Å². The summed E-state index contributed by atoms with van der Waals surface area (Å²) in [6.45, 7) is 2.60. The highest BCUT2D eigenvalue weighted by Crippen LogP contribution is 2.22. The van der Waals surface area contributed by atoms with Crippen molar-refractivity contribution in [1.29, 1.82) is 0 Å². The van der Waals surface area contributed by atoms with Gasteiger partial charge >= 0.3 is 0 Å². The maximum Gasteiger partial charge on any atom is 0.269 e. The fraction of sp³-hybridized carbons (Fsp3) is 0.174. The lowest BCUT2D eigenvalue weighted by Crippen LogP contribution is -3.08. The van der Waals surface area contributed by atoms with Crippen molar-refractivity contribution < 1.29 is 9.82 Å². The quantitative estimate of drug-likeness (QED) is 0.370. The molecule has 8 heteroatoms. The lowest BCUT2D eigenvalue weighted by Gasteiger charge is -2.25. The summed E-state index contributed by atoms with van der Waals surface area (Å²) in [4.78, 5) is 11.9. The molecule has 0 amide bonds. The predicted octanol–water partition coefficient (Wildman–Crippen LogP) is 2.68. The average Bonchev–Trinajstić information content (AvgIpc) is 3.24. The SMILES string of the molecule is Cc1ccccc1-n1nnnc1[C@@H](c1ccccc1)[NH+](C)Cc1cccc([N+](=O)[O-])c1. The van der Waals surface area contributed by atoms with E-state index in [1.807, 2.05) is 62.5 Å². The summed E-state index contributed by atoms with van der Waals surface area (Å²) in [5, 5.41) is 23.8. The van der Waals surface area contributed by atoms with Gasteiger partial charge in [0, 0.05) is 23.3 Å². The lowest BCUT2D eigenvalue weighted by molar-refractivity contribution is -0.920. The summed E-state index contributed by atoms with van der Waals surface area (Å²) in [6.07, 6.45) is 0. The van der Waals surface area contributed by atoms with Crippen LogP contribution in [0.5, 0.6) is 0 Å². The Morgan fingerprint density at radius 1 is 1.03 bits per heavy atom. The number of nitrogens with one attached hydrogen (secondary N) is 1. The van der Waals surface area contributed by atoms with Gasteiger partial charge in [-0.3, -0.25) is 10.1 Å². The third-order valence-corrected chi connectivity index (χ3v) is 5.33. The molecule has 0 saturated heterocycles. The van der Waals surface area contributed by atoms with Crippen molar-refractivity contribution in [3.05, 3.63) is 111 Å². The van der Waals surface area contributed by atoms with Gasteiger partial charge in [-0.05, 0) is 29.0 Å². The van der Waals surface area contributed by atoms with Gasteiger partial charge in [-0.2, -0.15) is 4.68 Å². The number of aromatic nitrogens is 4. The molecule has 0 bridgehead atoms. The molecule has 0 saturated carbocycles. The van der Waals surface area contributed by atoms with Gasteiger partial charge in [0.1, 0.15) is 6.54 Å². The number of quaternary nitrogens is 1. The van der Waals surface area contributed by atoms with Crippen LogP contribution in [0.2, 0.25) is 0 Å². The Morgan fingerprint density at radius 3 is 2.52 bits per heavy atom. The molecule has 3 aromatic carbocycles. The molecule has 0 radical (unpaired) electrons. The number of rotatable bonds is 7. The molecule has 0 spiro atoms. The van der Waals surface area contributed by atoms with Gasteiger partial charge in [0.2, 0.25) is 5.82 Å². The number of non-ortho nitro benzene ring substituents is 1. The van der Waals surface area contributed by atoms with Crippen LogP contribution in [0.1, 0.15) is 28.6 Å². The molecule has 156 valence electrons. The van der Waals surface area contributed by atoms with Crippen molar-refractivity contribution in [2.75, 3.05) is 7.05 Å². The van der Waals surface area contributed by atoms with E-state index in [-0.39, 0.29) is 16.7 Å². The number of nitro benzene ring substituents is 1.